The van der Waals surface area contributed by atoms with Crippen LogP contribution in [0.4, 0.5) is 0 Å². The first kappa shape index (κ1) is 20.0. The fraction of sp³-hybridized carbons (Fsp3) is 0.579. The Hall–Kier alpha value is -2.04. The summed E-state index contributed by atoms with van der Waals surface area (Å²) in [6, 6.07) is 11.0. The lowest BCUT2D eigenvalue weighted by Crippen LogP contribution is -2.42. The van der Waals surface area contributed by atoms with Crippen molar-refractivity contribution < 1.29 is 4.79 Å². The predicted molar refractivity (Wildman–Crippen MR) is 101 cm³/mol. The number of rotatable bonds is 9. The van der Waals surface area contributed by atoms with Crippen LogP contribution < -0.4 is 16.0 Å². The van der Waals surface area contributed by atoms with Crippen LogP contribution in [0, 0.1) is 0 Å². The summed E-state index contributed by atoms with van der Waals surface area (Å²) in [5.41, 5.74) is 1.35. The third-order valence-corrected chi connectivity index (χ3v) is 3.49. The van der Waals surface area contributed by atoms with E-state index >= 15 is 0 Å². The van der Waals surface area contributed by atoms with E-state index in [1.54, 1.807) is 0 Å². The molecule has 5 nitrogen and oxygen atoms in total. The number of aliphatic imine (C=N–C) groups is 1. The van der Waals surface area contributed by atoms with E-state index in [4.69, 9.17) is 0 Å². The number of benzene rings is 1. The number of amides is 1. The molecule has 1 aromatic carbocycles. The second kappa shape index (κ2) is 11.5. The molecule has 24 heavy (non-hydrogen) atoms. The van der Waals surface area contributed by atoms with Crippen molar-refractivity contribution in [1.82, 2.24) is 16.0 Å². The van der Waals surface area contributed by atoms with E-state index in [9.17, 15) is 4.79 Å². The number of carbonyl (C=O) groups is 1. The third kappa shape index (κ3) is 9.18. The predicted octanol–water partition coefficient (Wildman–Crippen LogP) is 2.48. The molecular weight excluding hydrogens is 300 g/mol. The normalized spacial score (nSPS) is 12.8. The molecule has 3 N–H and O–H groups in total. The number of nitrogens with one attached hydrogen (secondary N) is 3. The molecule has 0 aromatic heterocycles. The van der Waals surface area contributed by atoms with Gasteiger partial charge in [0.2, 0.25) is 5.91 Å². The monoisotopic (exact) mass is 332 g/mol. The minimum absolute atomic E-state index is 0.0433. The minimum atomic E-state index is 0.0433. The largest absolute Gasteiger partial charge is 0.357 e. The van der Waals surface area contributed by atoms with E-state index in [0.29, 0.717) is 19.0 Å². The lowest BCUT2D eigenvalue weighted by Gasteiger charge is -2.18. The maximum atomic E-state index is 11.7. The van der Waals surface area contributed by atoms with Gasteiger partial charge in [0.05, 0.1) is 6.54 Å². The molecule has 0 radical (unpaired) electrons. The second-order valence-electron chi connectivity index (χ2n) is 6.30. The third-order valence-electron chi connectivity index (χ3n) is 3.49. The summed E-state index contributed by atoms with van der Waals surface area (Å²) >= 11 is 0. The fourth-order valence-electron chi connectivity index (χ4n) is 2.32. The summed E-state index contributed by atoms with van der Waals surface area (Å²) in [4.78, 5) is 16.1. The first-order valence-electron chi connectivity index (χ1n) is 8.89. The zero-order valence-corrected chi connectivity index (χ0v) is 15.4. The van der Waals surface area contributed by atoms with Crippen LogP contribution in [0.3, 0.4) is 0 Å². The highest BCUT2D eigenvalue weighted by Gasteiger charge is 2.07. The van der Waals surface area contributed by atoms with Gasteiger partial charge in [-0.05, 0) is 46.1 Å². The molecule has 0 aliphatic rings. The lowest BCUT2D eigenvalue weighted by atomic mass is 10.1. The number of hydrogen-bond acceptors (Lipinski definition) is 2. The molecule has 134 valence electrons. The first-order chi connectivity index (χ1) is 11.5. The molecule has 1 unspecified atom stereocenters. The Morgan fingerprint density at radius 3 is 2.46 bits per heavy atom. The molecule has 0 heterocycles. The van der Waals surface area contributed by atoms with Gasteiger partial charge >= 0.3 is 0 Å². The number of guanidine groups is 1. The topological polar surface area (TPSA) is 65.5 Å². The Morgan fingerprint density at radius 1 is 1.12 bits per heavy atom. The van der Waals surface area contributed by atoms with Gasteiger partial charge in [0.1, 0.15) is 0 Å². The van der Waals surface area contributed by atoms with Gasteiger partial charge in [0, 0.05) is 25.0 Å². The first-order valence-corrected chi connectivity index (χ1v) is 8.89. The van der Waals surface area contributed by atoms with E-state index in [1.807, 2.05) is 26.8 Å². The van der Waals surface area contributed by atoms with Crippen molar-refractivity contribution >= 4 is 11.9 Å². The van der Waals surface area contributed by atoms with Crippen molar-refractivity contribution in [3.8, 4) is 0 Å². The van der Waals surface area contributed by atoms with E-state index in [2.05, 4.69) is 52.1 Å². The maximum Gasteiger partial charge on any atom is 0.222 e. The molecule has 0 saturated carbocycles. The highest BCUT2D eigenvalue weighted by Crippen LogP contribution is 2.04. The van der Waals surface area contributed by atoms with Crippen molar-refractivity contribution in [2.45, 2.75) is 59.0 Å². The van der Waals surface area contributed by atoms with Crippen molar-refractivity contribution in [3.05, 3.63) is 35.9 Å². The van der Waals surface area contributed by atoms with E-state index in [1.165, 1.54) is 5.56 Å². The number of carbonyl (C=O) groups excluding carboxylic acids is 1. The van der Waals surface area contributed by atoms with Gasteiger partial charge in [-0.2, -0.15) is 0 Å². The second-order valence-corrected chi connectivity index (χ2v) is 6.30. The Morgan fingerprint density at radius 2 is 1.83 bits per heavy atom. The molecule has 5 heteroatoms. The van der Waals surface area contributed by atoms with Crippen molar-refractivity contribution in [1.29, 1.82) is 0 Å². The molecule has 0 bridgehead atoms. The van der Waals surface area contributed by atoms with Gasteiger partial charge in [-0.25, -0.2) is 0 Å². The van der Waals surface area contributed by atoms with E-state index < -0.39 is 0 Å². The Kier molecular flexibility index (Phi) is 9.58. The van der Waals surface area contributed by atoms with Crippen LogP contribution in [0.25, 0.3) is 0 Å². The zero-order chi connectivity index (χ0) is 17.8. The van der Waals surface area contributed by atoms with Crippen LogP contribution in [-0.2, 0) is 11.2 Å². The van der Waals surface area contributed by atoms with E-state index in [-0.39, 0.29) is 11.9 Å². The summed E-state index contributed by atoms with van der Waals surface area (Å²) in [6.45, 7) is 9.40. The molecule has 0 saturated heterocycles. The van der Waals surface area contributed by atoms with E-state index in [0.717, 1.165) is 25.3 Å². The Bertz CT molecular complexity index is 499. The maximum absolute atomic E-state index is 11.7. The summed E-state index contributed by atoms with van der Waals surface area (Å²) in [5, 5.41) is 9.52. The van der Waals surface area contributed by atoms with Crippen molar-refractivity contribution in [3.63, 3.8) is 0 Å². The number of nitrogens with zero attached hydrogens (tertiary/aromatic N) is 1. The molecule has 0 spiro atoms. The molecule has 1 atom stereocenters. The van der Waals surface area contributed by atoms with Crippen molar-refractivity contribution in [2.24, 2.45) is 4.99 Å². The molecular formula is C19H32N4O. The van der Waals surface area contributed by atoms with Crippen molar-refractivity contribution in [2.75, 3.05) is 13.1 Å². The van der Waals surface area contributed by atoms with Crippen LogP contribution in [-0.4, -0.2) is 37.0 Å². The standard InChI is InChI=1S/C19H32N4O/c1-5-20-19(21-14-13-18(24)22-15(2)3)23-16(4)11-12-17-9-7-6-8-10-17/h6-10,15-16H,5,11-14H2,1-4H3,(H,22,24)(H2,20,21,23). The molecule has 1 rings (SSSR count). The van der Waals surface area contributed by atoms with Gasteiger partial charge in [-0.3, -0.25) is 9.79 Å². The van der Waals surface area contributed by atoms with Gasteiger partial charge in [0.25, 0.3) is 0 Å². The van der Waals surface area contributed by atoms with Crippen LogP contribution >= 0.6 is 0 Å². The van der Waals surface area contributed by atoms with Crippen LogP contribution in [0.1, 0.15) is 46.1 Å². The SMILES string of the molecule is CCNC(=NCCC(=O)NC(C)C)NC(C)CCc1ccccc1. The minimum Gasteiger partial charge on any atom is -0.357 e. The van der Waals surface area contributed by atoms with Crippen LogP contribution in [0.5, 0.6) is 0 Å². The number of aryl methyl sites for hydroxylation is 1. The summed E-state index contributed by atoms with van der Waals surface area (Å²) in [7, 11) is 0. The summed E-state index contributed by atoms with van der Waals surface area (Å²) in [5.74, 6) is 0.817. The average molecular weight is 332 g/mol. The highest BCUT2D eigenvalue weighted by molar-refractivity contribution is 5.81. The zero-order valence-electron chi connectivity index (χ0n) is 15.4. The molecule has 1 aromatic rings. The summed E-state index contributed by atoms with van der Waals surface area (Å²) < 4.78 is 0. The molecule has 0 fully saturated rings. The highest BCUT2D eigenvalue weighted by atomic mass is 16.1. The van der Waals surface area contributed by atoms with Gasteiger partial charge in [-0.1, -0.05) is 30.3 Å². The van der Waals surface area contributed by atoms with Gasteiger partial charge in [-0.15, -0.1) is 0 Å². The lowest BCUT2D eigenvalue weighted by molar-refractivity contribution is -0.121. The smallest absolute Gasteiger partial charge is 0.222 e. The van der Waals surface area contributed by atoms with Crippen LogP contribution in [0.2, 0.25) is 0 Å². The molecule has 0 aliphatic carbocycles. The Labute approximate surface area is 146 Å². The number of hydrogen-bond donors (Lipinski definition) is 3. The van der Waals surface area contributed by atoms with Gasteiger partial charge < -0.3 is 16.0 Å². The van der Waals surface area contributed by atoms with Gasteiger partial charge in [0.15, 0.2) is 5.96 Å². The fourth-order valence-corrected chi connectivity index (χ4v) is 2.32. The summed E-state index contributed by atoms with van der Waals surface area (Å²) in [6.07, 6.45) is 2.47. The molecule has 0 aliphatic heterocycles. The Balaban J connectivity index is 2.40. The average Bonchev–Trinajstić information content (AvgIpc) is 2.53. The molecule has 1 amide bonds. The quantitative estimate of drug-likeness (QED) is 0.481. The van der Waals surface area contributed by atoms with Crippen LogP contribution in [0.15, 0.2) is 35.3 Å².